The van der Waals surface area contributed by atoms with Crippen LogP contribution in [0.5, 0.6) is 5.75 Å². The van der Waals surface area contributed by atoms with Crippen molar-refractivity contribution in [2.24, 2.45) is 0 Å². The molecule has 2 aromatic carbocycles. The van der Waals surface area contributed by atoms with Crippen LogP contribution in [0.25, 0.3) is 0 Å². The molecule has 6 heteroatoms. The molecule has 6 nitrogen and oxygen atoms in total. The quantitative estimate of drug-likeness (QED) is 0.785. The highest BCUT2D eigenvalue weighted by molar-refractivity contribution is 5.96. The molecule has 28 heavy (non-hydrogen) atoms. The summed E-state index contributed by atoms with van der Waals surface area (Å²) in [4.78, 5) is 24.3. The number of amides is 2. The summed E-state index contributed by atoms with van der Waals surface area (Å²) in [6.45, 7) is 6.91. The van der Waals surface area contributed by atoms with Gasteiger partial charge in [0.05, 0.1) is 7.11 Å². The number of hydrogen-bond acceptors (Lipinski definition) is 4. The number of hydrogen-bond donors (Lipinski definition) is 2. The Morgan fingerprint density at radius 3 is 2.36 bits per heavy atom. The van der Waals surface area contributed by atoms with Gasteiger partial charge in [-0.25, -0.2) is 4.79 Å². The normalized spacial score (nSPS) is 12.0. The molecule has 150 valence electrons. The fourth-order valence-electron chi connectivity index (χ4n) is 2.61. The molecular weight excluding hydrogens is 356 g/mol. The zero-order valence-corrected chi connectivity index (χ0v) is 17.0. The van der Waals surface area contributed by atoms with Gasteiger partial charge in [-0.2, -0.15) is 0 Å². The van der Waals surface area contributed by atoms with Crippen molar-refractivity contribution in [1.29, 1.82) is 0 Å². The predicted octanol–water partition coefficient (Wildman–Crippen LogP) is 4.14. The summed E-state index contributed by atoms with van der Waals surface area (Å²) >= 11 is 0. The maximum Gasteiger partial charge on any atom is 0.408 e. The van der Waals surface area contributed by atoms with Crippen molar-refractivity contribution in [3.63, 3.8) is 0 Å². The lowest BCUT2D eigenvalue weighted by molar-refractivity contribution is -0.117. The van der Waals surface area contributed by atoms with Gasteiger partial charge in [0, 0.05) is 17.7 Å². The van der Waals surface area contributed by atoms with Crippen LogP contribution >= 0.6 is 0 Å². The highest BCUT2D eigenvalue weighted by atomic mass is 16.6. The van der Waals surface area contributed by atoms with Gasteiger partial charge in [-0.15, -0.1) is 0 Å². The van der Waals surface area contributed by atoms with E-state index in [1.165, 1.54) is 0 Å². The minimum atomic E-state index is -0.741. The van der Waals surface area contributed by atoms with Crippen molar-refractivity contribution in [3.8, 4) is 5.75 Å². The summed E-state index contributed by atoms with van der Waals surface area (Å²) in [6, 6.07) is 14.7. The van der Waals surface area contributed by atoms with Gasteiger partial charge in [0.1, 0.15) is 17.4 Å². The van der Waals surface area contributed by atoms with Gasteiger partial charge in [0.15, 0.2) is 0 Å². The van der Waals surface area contributed by atoms with Crippen LogP contribution in [0.2, 0.25) is 0 Å². The van der Waals surface area contributed by atoms with Crippen LogP contribution in [0, 0.1) is 0 Å². The van der Waals surface area contributed by atoms with E-state index in [2.05, 4.69) is 10.6 Å². The molecule has 0 radical (unpaired) electrons. The molecular formula is C22H28N2O4. The Bertz CT molecular complexity index is 813. The number of alkyl carbamates (subject to hydrolysis) is 1. The summed E-state index contributed by atoms with van der Waals surface area (Å²) in [7, 11) is 1.62. The molecule has 0 spiro atoms. The third-order valence-electron chi connectivity index (χ3n) is 3.91. The van der Waals surface area contributed by atoms with Gasteiger partial charge < -0.3 is 20.1 Å². The molecule has 0 saturated carbocycles. The fraction of sp³-hybridized carbons (Fsp3) is 0.364. The summed E-state index contributed by atoms with van der Waals surface area (Å²) in [5.74, 6) is 0.420. The second-order valence-electron chi connectivity index (χ2n) is 7.55. The van der Waals surface area contributed by atoms with Crippen LogP contribution in [0.1, 0.15) is 38.8 Å². The average molecular weight is 384 g/mol. The Hall–Kier alpha value is -3.02. The Morgan fingerprint density at radius 2 is 1.75 bits per heavy atom. The standard InChI is InChI=1S/C22H28N2O4/c1-15(23-21(26)28-22(2,3)4)20(25)24-18-11-12-19(27-5)17(14-18)13-16-9-7-6-8-10-16/h6-12,14-15H,13H2,1-5H3,(H,23,26)(H,24,25). The molecule has 1 atom stereocenters. The van der Waals surface area contributed by atoms with E-state index in [4.69, 9.17) is 9.47 Å². The molecule has 1 unspecified atom stereocenters. The van der Waals surface area contributed by atoms with Gasteiger partial charge >= 0.3 is 6.09 Å². The topological polar surface area (TPSA) is 76.7 Å². The summed E-state index contributed by atoms with van der Waals surface area (Å²) < 4.78 is 10.6. The van der Waals surface area contributed by atoms with E-state index in [-0.39, 0.29) is 5.91 Å². The van der Waals surface area contributed by atoms with Crippen LogP contribution in [-0.2, 0) is 16.0 Å². The van der Waals surface area contributed by atoms with Gasteiger partial charge in [0.2, 0.25) is 5.91 Å². The summed E-state index contributed by atoms with van der Waals surface area (Å²) in [5, 5.41) is 5.36. The Morgan fingerprint density at radius 1 is 1.07 bits per heavy atom. The average Bonchev–Trinajstić information content (AvgIpc) is 2.61. The number of rotatable bonds is 6. The fourth-order valence-corrected chi connectivity index (χ4v) is 2.61. The first kappa shape index (κ1) is 21.3. The Kier molecular flexibility index (Phi) is 7.04. The van der Waals surface area contributed by atoms with Gasteiger partial charge in [-0.05, 0) is 51.5 Å². The molecule has 2 rings (SSSR count). The molecule has 0 heterocycles. The summed E-state index contributed by atoms with van der Waals surface area (Å²) in [6.07, 6.45) is 0.0500. The number of methoxy groups -OCH3 is 1. The van der Waals surface area contributed by atoms with Crippen molar-refractivity contribution in [2.75, 3.05) is 12.4 Å². The lowest BCUT2D eigenvalue weighted by Crippen LogP contribution is -2.43. The molecule has 0 bridgehead atoms. The van der Waals surface area contributed by atoms with E-state index in [1.54, 1.807) is 40.9 Å². The molecule has 0 aliphatic rings. The highest BCUT2D eigenvalue weighted by Crippen LogP contribution is 2.25. The van der Waals surface area contributed by atoms with Crippen LogP contribution < -0.4 is 15.4 Å². The van der Waals surface area contributed by atoms with Crippen molar-refractivity contribution >= 4 is 17.7 Å². The van der Waals surface area contributed by atoms with Gasteiger partial charge in [0.25, 0.3) is 0 Å². The van der Waals surface area contributed by atoms with E-state index in [0.29, 0.717) is 12.1 Å². The van der Waals surface area contributed by atoms with E-state index < -0.39 is 17.7 Å². The largest absolute Gasteiger partial charge is 0.496 e. The third-order valence-corrected chi connectivity index (χ3v) is 3.91. The Labute approximate surface area is 166 Å². The van der Waals surface area contributed by atoms with Crippen LogP contribution in [0.3, 0.4) is 0 Å². The first-order valence-electron chi connectivity index (χ1n) is 9.19. The van der Waals surface area contributed by atoms with Crippen molar-refractivity contribution < 1.29 is 19.1 Å². The third kappa shape index (κ3) is 6.61. The number of benzene rings is 2. The first-order chi connectivity index (χ1) is 13.2. The van der Waals surface area contributed by atoms with E-state index in [1.807, 2.05) is 42.5 Å². The molecule has 2 amide bonds. The maximum atomic E-state index is 12.4. The van der Waals surface area contributed by atoms with Crippen LogP contribution in [0.4, 0.5) is 10.5 Å². The lowest BCUT2D eigenvalue weighted by Gasteiger charge is -2.21. The van der Waals surface area contributed by atoms with E-state index >= 15 is 0 Å². The number of ether oxygens (including phenoxy) is 2. The molecule has 0 aromatic heterocycles. The van der Waals surface area contributed by atoms with Crippen molar-refractivity contribution in [2.45, 2.75) is 45.8 Å². The smallest absolute Gasteiger partial charge is 0.408 e. The SMILES string of the molecule is COc1ccc(NC(=O)C(C)NC(=O)OC(C)(C)C)cc1Cc1ccccc1. The van der Waals surface area contributed by atoms with Gasteiger partial charge in [-0.1, -0.05) is 30.3 Å². The van der Waals surface area contributed by atoms with Crippen LogP contribution in [-0.4, -0.2) is 30.8 Å². The summed E-state index contributed by atoms with van der Waals surface area (Å²) in [5.41, 5.74) is 2.11. The number of carbonyl (C=O) groups excluding carboxylic acids is 2. The number of anilines is 1. The van der Waals surface area contributed by atoms with Crippen molar-refractivity contribution in [3.05, 3.63) is 59.7 Å². The maximum absolute atomic E-state index is 12.4. The van der Waals surface area contributed by atoms with Gasteiger partial charge in [-0.3, -0.25) is 4.79 Å². The number of nitrogens with one attached hydrogen (secondary N) is 2. The van der Waals surface area contributed by atoms with Crippen LogP contribution in [0.15, 0.2) is 48.5 Å². The molecule has 0 aliphatic carbocycles. The van der Waals surface area contributed by atoms with E-state index in [0.717, 1.165) is 16.9 Å². The molecule has 2 N–H and O–H groups in total. The second-order valence-corrected chi connectivity index (χ2v) is 7.55. The predicted molar refractivity (Wildman–Crippen MR) is 110 cm³/mol. The monoisotopic (exact) mass is 384 g/mol. The molecule has 0 aliphatic heterocycles. The minimum Gasteiger partial charge on any atom is -0.496 e. The second kappa shape index (κ2) is 9.26. The van der Waals surface area contributed by atoms with Crippen molar-refractivity contribution in [1.82, 2.24) is 5.32 Å². The Balaban J connectivity index is 2.05. The zero-order valence-electron chi connectivity index (χ0n) is 17.0. The number of carbonyl (C=O) groups is 2. The first-order valence-corrected chi connectivity index (χ1v) is 9.19. The zero-order chi connectivity index (χ0) is 20.7. The highest BCUT2D eigenvalue weighted by Gasteiger charge is 2.21. The van der Waals surface area contributed by atoms with E-state index in [9.17, 15) is 9.59 Å². The lowest BCUT2D eigenvalue weighted by atomic mass is 10.0. The molecule has 0 saturated heterocycles. The molecule has 0 fully saturated rings. The minimum absolute atomic E-state index is 0.332. The molecule has 2 aromatic rings.